The van der Waals surface area contributed by atoms with Crippen LogP contribution in [0.25, 0.3) is 0 Å². The molecule has 0 radical (unpaired) electrons. The van der Waals surface area contributed by atoms with E-state index in [9.17, 15) is 25.8 Å². The van der Waals surface area contributed by atoms with Gasteiger partial charge in [0.15, 0.2) is 10.8 Å². The van der Waals surface area contributed by atoms with Crippen LogP contribution in [0.1, 0.15) is 20.8 Å². The summed E-state index contributed by atoms with van der Waals surface area (Å²) in [6.07, 6.45) is 2.47. The molecule has 0 aromatic heterocycles. The number of hydrogen-bond acceptors (Lipinski definition) is 6. The summed E-state index contributed by atoms with van der Waals surface area (Å²) in [6, 6.07) is 6.46. The van der Waals surface area contributed by atoms with Crippen LogP contribution in [0.5, 0.6) is 0 Å². The highest BCUT2D eigenvalue weighted by atomic mass is 16.6. The maximum Gasteiger partial charge on any atom is 0.414 e. The predicted octanol–water partition coefficient (Wildman–Crippen LogP) is 2.37. The first kappa shape index (κ1) is 17.1. The van der Waals surface area contributed by atoms with Crippen molar-refractivity contribution in [1.29, 1.82) is 21.0 Å². The molecule has 0 N–H and O–H groups in total. The molecule has 0 aromatic carbocycles. The second kappa shape index (κ2) is 5.73. The van der Waals surface area contributed by atoms with Gasteiger partial charge in [-0.25, -0.2) is 4.79 Å². The average Bonchev–Trinajstić information content (AvgIpc) is 2.75. The van der Waals surface area contributed by atoms with Gasteiger partial charge in [-0.1, -0.05) is 17.7 Å². The SMILES string of the molecule is CCOC(=O)N1C(C)=CC2C(C)=CC1C(C#N)(C#N)C2(C#N)C#N. The van der Waals surface area contributed by atoms with Crippen molar-refractivity contribution in [1.82, 2.24) is 4.90 Å². The molecule has 2 heterocycles. The van der Waals surface area contributed by atoms with Crippen molar-refractivity contribution >= 4 is 6.09 Å². The van der Waals surface area contributed by atoms with E-state index in [-0.39, 0.29) is 6.61 Å². The highest BCUT2D eigenvalue weighted by molar-refractivity contribution is 5.73. The van der Waals surface area contributed by atoms with Gasteiger partial charge in [0.05, 0.1) is 36.9 Å². The number of allylic oxidation sites excluding steroid dienone is 3. The quantitative estimate of drug-likeness (QED) is 0.683. The zero-order chi connectivity index (χ0) is 18.1. The van der Waals surface area contributed by atoms with Crippen LogP contribution in [0, 0.1) is 62.1 Å². The van der Waals surface area contributed by atoms with E-state index in [1.165, 1.54) is 4.90 Å². The second-order valence-electron chi connectivity index (χ2n) is 5.77. The van der Waals surface area contributed by atoms with Crippen molar-refractivity contribution in [3.05, 3.63) is 23.4 Å². The van der Waals surface area contributed by atoms with Crippen LogP contribution in [0.3, 0.4) is 0 Å². The van der Waals surface area contributed by atoms with Gasteiger partial charge in [-0.2, -0.15) is 21.0 Å². The van der Waals surface area contributed by atoms with Crippen LogP contribution in [0.2, 0.25) is 0 Å². The highest BCUT2D eigenvalue weighted by Crippen LogP contribution is 2.57. The number of rotatable bonds is 1. The van der Waals surface area contributed by atoms with Crippen molar-refractivity contribution in [3.63, 3.8) is 0 Å². The third-order valence-electron chi connectivity index (χ3n) is 4.68. The molecule has 120 valence electrons. The van der Waals surface area contributed by atoms with Gasteiger partial charge in [-0.15, -0.1) is 0 Å². The van der Waals surface area contributed by atoms with Crippen molar-refractivity contribution in [2.45, 2.75) is 26.8 Å². The Morgan fingerprint density at radius 3 is 2.12 bits per heavy atom. The van der Waals surface area contributed by atoms with Crippen molar-refractivity contribution < 1.29 is 9.53 Å². The lowest BCUT2D eigenvalue weighted by molar-refractivity contribution is 0.0829. The average molecular weight is 321 g/mol. The van der Waals surface area contributed by atoms with Gasteiger partial charge < -0.3 is 4.74 Å². The molecule has 0 aromatic rings. The molecule has 7 heteroatoms. The molecule has 7 nitrogen and oxygen atoms in total. The molecule has 2 atom stereocenters. The van der Waals surface area contributed by atoms with E-state index in [1.54, 1.807) is 32.9 Å². The third-order valence-corrected chi connectivity index (χ3v) is 4.68. The van der Waals surface area contributed by atoms with Gasteiger partial charge in [-0.3, -0.25) is 4.90 Å². The topological polar surface area (TPSA) is 125 Å². The lowest BCUT2D eigenvalue weighted by Crippen LogP contribution is -2.57. The van der Waals surface area contributed by atoms with Gasteiger partial charge in [0.2, 0.25) is 0 Å². The number of carbonyl (C=O) groups excluding carboxylic acids is 1. The summed E-state index contributed by atoms with van der Waals surface area (Å²) < 4.78 is 5.04. The Labute approximate surface area is 140 Å². The molecule has 0 spiro atoms. The Hall–Kier alpha value is -3.29. The summed E-state index contributed by atoms with van der Waals surface area (Å²) in [6.45, 7) is 5.12. The number of fused-ring (bicyclic) bond motifs is 2. The van der Waals surface area contributed by atoms with E-state index >= 15 is 0 Å². The summed E-state index contributed by atoms with van der Waals surface area (Å²) >= 11 is 0. The molecule has 24 heavy (non-hydrogen) atoms. The molecular formula is C17H15N5O2. The van der Waals surface area contributed by atoms with E-state index < -0.39 is 28.9 Å². The molecule has 1 amide bonds. The molecular weight excluding hydrogens is 306 g/mol. The molecule has 1 aliphatic carbocycles. The minimum atomic E-state index is -2.03. The van der Waals surface area contributed by atoms with E-state index in [2.05, 4.69) is 0 Å². The standard InChI is InChI=1S/C17H15N5O2/c1-4-24-15(23)22-12(3)6-13-11(2)5-14(22)17(9-20,10-21)16(13,7-18)8-19/h5-6,13-14H,4H2,1-3H3. The van der Waals surface area contributed by atoms with E-state index in [4.69, 9.17) is 4.74 Å². The Bertz CT molecular complexity index is 784. The Morgan fingerprint density at radius 1 is 1.12 bits per heavy atom. The van der Waals surface area contributed by atoms with E-state index in [0.29, 0.717) is 11.3 Å². The van der Waals surface area contributed by atoms with Crippen molar-refractivity contribution in [2.24, 2.45) is 16.7 Å². The fraction of sp³-hybridized carbons (Fsp3) is 0.471. The fourth-order valence-corrected chi connectivity index (χ4v) is 3.49. The first-order chi connectivity index (χ1) is 11.4. The largest absolute Gasteiger partial charge is 0.449 e. The summed E-state index contributed by atoms with van der Waals surface area (Å²) in [5.41, 5.74) is -2.83. The lowest BCUT2D eigenvalue weighted by atomic mass is 9.52. The van der Waals surface area contributed by atoms with Gasteiger partial charge in [0.25, 0.3) is 0 Å². The Kier molecular flexibility index (Phi) is 4.07. The third kappa shape index (κ3) is 1.82. The number of amides is 1. The Morgan fingerprint density at radius 2 is 1.67 bits per heavy atom. The van der Waals surface area contributed by atoms with Crippen LogP contribution >= 0.6 is 0 Å². The molecule has 2 bridgehead atoms. The normalized spacial score (nSPS) is 25.7. The minimum absolute atomic E-state index is 0.120. The molecule has 2 aliphatic heterocycles. The Balaban J connectivity index is 2.87. The smallest absolute Gasteiger partial charge is 0.414 e. The molecule has 3 aliphatic rings. The summed E-state index contributed by atoms with van der Waals surface area (Å²) in [7, 11) is 0. The van der Waals surface area contributed by atoms with E-state index in [1.807, 2.05) is 24.3 Å². The number of nitrogens with zero attached hydrogens (tertiary/aromatic N) is 5. The molecule has 3 rings (SSSR count). The highest BCUT2D eigenvalue weighted by Gasteiger charge is 2.68. The maximum absolute atomic E-state index is 12.4. The minimum Gasteiger partial charge on any atom is -0.449 e. The van der Waals surface area contributed by atoms with Gasteiger partial charge >= 0.3 is 6.09 Å². The summed E-state index contributed by atoms with van der Waals surface area (Å²) in [5, 5.41) is 39.1. The van der Waals surface area contributed by atoms with Crippen LogP contribution < -0.4 is 0 Å². The lowest BCUT2D eigenvalue weighted by Gasteiger charge is -2.44. The number of ether oxygens (including phenoxy) is 1. The zero-order valence-corrected chi connectivity index (χ0v) is 13.6. The van der Waals surface area contributed by atoms with Crippen molar-refractivity contribution in [3.8, 4) is 24.3 Å². The van der Waals surface area contributed by atoms with Crippen LogP contribution in [-0.4, -0.2) is 23.6 Å². The van der Waals surface area contributed by atoms with Crippen LogP contribution in [0.15, 0.2) is 23.4 Å². The fourth-order valence-electron chi connectivity index (χ4n) is 3.49. The maximum atomic E-state index is 12.4. The predicted molar refractivity (Wildman–Crippen MR) is 81.0 cm³/mol. The molecule has 0 saturated carbocycles. The van der Waals surface area contributed by atoms with Crippen LogP contribution in [0.4, 0.5) is 4.79 Å². The first-order valence-corrected chi connectivity index (χ1v) is 7.36. The van der Waals surface area contributed by atoms with E-state index in [0.717, 1.165) is 0 Å². The number of carbonyl (C=O) groups is 1. The number of nitriles is 4. The van der Waals surface area contributed by atoms with Crippen LogP contribution in [-0.2, 0) is 4.74 Å². The first-order valence-electron chi connectivity index (χ1n) is 7.36. The zero-order valence-electron chi connectivity index (χ0n) is 13.6. The van der Waals surface area contributed by atoms with Crippen molar-refractivity contribution in [2.75, 3.05) is 6.61 Å². The molecule has 0 saturated heterocycles. The summed E-state index contributed by atoms with van der Waals surface area (Å²) in [4.78, 5) is 13.6. The van der Waals surface area contributed by atoms with Gasteiger partial charge in [-0.05, 0) is 20.8 Å². The van der Waals surface area contributed by atoms with Gasteiger partial charge in [0.1, 0.15) is 0 Å². The molecule has 2 unspecified atom stereocenters. The summed E-state index contributed by atoms with van der Waals surface area (Å²) in [5.74, 6) is -0.762. The monoisotopic (exact) mass is 321 g/mol. The molecule has 0 fully saturated rings. The second-order valence-corrected chi connectivity index (χ2v) is 5.77. The number of hydrogen-bond donors (Lipinski definition) is 0. The van der Waals surface area contributed by atoms with Gasteiger partial charge in [0, 0.05) is 11.6 Å².